The van der Waals surface area contributed by atoms with E-state index in [9.17, 15) is 9.59 Å². The quantitative estimate of drug-likeness (QED) is 0.923. The van der Waals surface area contributed by atoms with E-state index in [1.165, 1.54) is 0 Å². The smallest absolute Gasteiger partial charge is 0.248 e. The molecule has 1 aromatic rings. The number of halogens is 1. The second-order valence-corrected chi connectivity index (χ2v) is 7.15. The van der Waals surface area contributed by atoms with Gasteiger partial charge in [-0.05, 0) is 41.4 Å². The lowest BCUT2D eigenvalue weighted by molar-refractivity contribution is -0.149. The van der Waals surface area contributed by atoms with Gasteiger partial charge in [-0.3, -0.25) is 9.59 Å². The summed E-state index contributed by atoms with van der Waals surface area (Å²) >= 11 is 4.98. The second kappa shape index (κ2) is 5.01. The molecule has 1 atom stereocenters. The summed E-state index contributed by atoms with van der Waals surface area (Å²) in [5.41, 5.74) is -0.760. The SMILES string of the molecule is CCC1(C)NC(=O)CN(Cc2ccc(Br)s2)C1=O. The van der Waals surface area contributed by atoms with Crippen molar-refractivity contribution in [3.05, 3.63) is 20.8 Å². The number of rotatable bonds is 3. The van der Waals surface area contributed by atoms with E-state index in [0.717, 1.165) is 8.66 Å². The van der Waals surface area contributed by atoms with E-state index in [4.69, 9.17) is 0 Å². The third-order valence-corrected chi connectivity index (χ3v) is 4.80. The van der Waals surface area contributed by atoms with Crippen LogP contribution >= 0.6 is 27.3 Å². The number of hydrogen-bond acceptors (Lipinski definition) is 3. The molecule has 1 N–H and O–H groups in total. The Bertz CT molecular complexity index is 488. The first-order valence-corrected chi connectivity index (χ1v) is 7.40. The van der Waals surface area contributed by atoms with Crippen LogP contribution in [0.3, 0.4) is 0 Å². The summed E-state index contributed by atoms with van der Waals surface area (Å²) in [5, 5.41) is 2.78. The van der Waals surface area contributed by atoms with Crippen LogP contribution < -0.4 is 5.32 Å². The first-order chi connectivity index (χ1) is 8.44. The van der Waals surface area contributed by atoms with Gasteiger partial charge < -0.3 is 10.2 Å². The van der Waals surface area contributed by atoms with Gasteiger partial charge in [0.15, 0.2) is 0 Å². The number of thiophene rings is 1. The highest BCUT2D eigenvalue weighted by Crippen LogP contribution is 2.25. The van der Waals surface area contributed by atoms with Crippen LogP contribution in [0.15, 0.2) is 15.9 Å². The first kappa shape index (κ1) is 13.5. The normalized spacial score (nSPS) is 24.3. The van der Waals surface area contributed by atoms with Crippen molar-refractivity contribution in [3.8, 4) is 0 Å². The van der Waals surface area contributed by atoms with Crippen molar-refractivity contribution in [1.82, 2.24) is 10.2 Å². The maximum Gasteiger partial charge on any atom is 0.248 e. The van der Waals surface area contributed by atoms with Crippen molar-refractivity contribution in [2.24, 2.45) is 0 Å². The Labute approximate surface area is 118 Å². The van der Waals surface area contributed by atoms with Gasteiger partial charge in [0.2, 0.25) is 11.8 Å². The molecular weight excluding hydrogens is 316 g/mol. The summed E-state index contributed by atoms with van der Waals surface area (Å²) < 4.78 is 1.03. The topological polar surface area (TPSA) is 49.4 Å². The Morgan fingerprint density at radius 2 is 2.22 bits per heavy atom. The van der Waals surface area contributed by atoms with Crippen LogP contribution in [0, 0.1) is 0 Å². The Balaban J connectivity index is 2.17. The Hall–Kier alpha value is -0.880. The minimum absolute atomic E-state index is 0.00544. The molecule has 1 unspecified atom stereocenters. The van der Waals surface area contributed by atoms with Gasteiger partial charge in [-0.2, -0.15) is 0 Å². The van der Waals surface area contributed by atoms with Crippen molar-refractivity contribution in [1.29, 1.82) is 0 Å². The maximum atomic E-state index is 12.3. The Kier molecular flexibility index (Phi) is 3.77. The highest BCUT2D eigenvalue weighted by Gasteiger charge is 2.41. The molecule has 2 heterocycles. The van der Waals surface area contributed by atoms with Gasteiger partial charge in [-0.15, -0.1) is 11.3 Å². The summed E-state index contributed by atoms with van der Waals surface area (Å²) in [5.74, 6) is -0.0938. The van der Waals surface area contributed by atoms with Crippen LogP contribution in [0.4, 0.5) is 0 Å². The van der Waals surface area contributed by atoms with Gasteiger partial charge in [0.05, 0.1) is 10.3 Å². The average Bonchev–Trinajstić information content (AvgIpc) is 2.71. The van der Waals surface area contributed by atoms with Crippen molar-refractivity contribution < 1.29 is 9.59 Å². The molecule has 1 saturated heterocycles. The maximum absolute atomic E-state index is 12.3. The number of hydrogen-bond donors (Lipinski definition) is 1. The van der Waals surface area contributed by atoms with Gasteiger partial charge in [0, 0.05) is 4.88 Å². The van der Waals surface area contributed by atoms with Crippen molar-refractivity contribution >= 4 is 39.1 Å². The fraction of sp³-hybridized carbons (Fsp3) is 0.500. The van der Waals surface area contributed by atoms with Crippen LogP contribution in [-0.2, 0) is 16.1 Å². The summed E-state index contributed by atoms with van der Waals surface area (Å²) in [7, 11) is 0. The third kappa shape index (κ3) is 2.59. The Morgan fingerprint density at radius 3 is 2.78 bits per heavy atom. The van der Waals surface area contributed by atoms with Gasteiger partial charge in [-0.1, -0.05) is 6.92 Å². The highest BCUT2D eigenvalue weighted by atomic mass is 79.9. The zero-order chi connectivity index (χ0) is 13.3. The number of carbonyl (C=O) groups is 2. The van der Waals surface area contributed by atoms with E-state index in [2.05, 4.69) is 21.2 Å². The molecule has 4 nitrogen and oxygen atoms in total. The molecule has 1 aliphatic rings. The molecule has 0 aliphatic carbocycles. The van der Waals surface area contributed by atoms with Crippen LogP contribution in [0.2, 0.25) is 0 Å². The summed E-state index contributed by atoms with van der Waals surface area (Å²) in [6, 6.07) is 3.92. The summed E-state index contributed by atoms with van der Waals surface area (Å²) in [6.07, 6.45) is 0.599. The molecule has 0 spiro atoms. The second-order valence-electron chi connectivity index (χ2n) is 4.60. The number of nitrogens with one attached hydrogen (secondary N) is 1. The van der Waals surface area contributed by atoms with Crippen LogP contribution in [0.1, 0.15) is 25.1 Å². The first-order valence-electron chi connectivity index (χ1n) is 5.79. The van der Waals surface area contributed by atoms with Gasteiger partial charge in [0.25, 0.3) is 0 Å². The molecule has 1 aromatic heterocycles. The number of amides is 2. The standard InChI is InChI=1S/C12H15BrN2O2S/c1-3-12(2)11(17)15(7-10(16)14-12)6-8-4-5-9(13)18-8/h4-5H,3,6-7H2,1-2H3,(H,14,16). The lowest BCUT2D eigenvalue weighted by Crippen LogP contribution is -2.64. The number of piperazine rings is 1. The van der Waals surface area contributed by atoms with Gasteiger partial charge in [-0.25, -0.2) is 0 Å². The highest BCUT2D eigenvalue weighted by molar-refractivity contribution is 9.11. The molecule has 18 heavy (non-hydrogen) atoms. The summed E-state index contributed by atoms with van der Waals surface area (Å²) in [6.45, 7) is 4.33. The monoisotopic (exact) mass is 330 g/mol. The lowest BCUT2D eigenvalue weighted by atomic mass is 9.94. The van der Waals surface area contributed by atoms with Crippen LogP contribution in [0.5, 0.6) is 0 Å². The molecule has 0 bridgehead atoms. The van der Waals surface area contributed by atoms with E-state index >= 15 is 0 Å². The zero-order valence-electron chi connectivity index (χ0n) is 10.3. The molecule has 2 rings (SSSR count). The molecule has 1 aliphatic heterocycles. The zero-order valence-corrected chi connectivity index (χ0v) is 12.7. The average molecular weight is 331 g/mol. The third-order valence-electron chi connectivity index (χ3n) is 3.19. The molecular formula is C12H15BrN2O2S. The van der Waals surface area contributed by atoms with E-state index < -0.39 is 5.54 Å². The van der Waals surface area contributed by atoms with Crippen molar-refractivity contribution in [2.45, 2.75) is 32.4 Å². The van der Waals surface area contributed by atoms with Gasteiger partial charge in [0.1, 0.15) is 12.1 Å². The molecule has 2 amide bonds. The minimum atomic E-state index is -0.760. The molecule has 6 heteroatoms. The largest absolute Gasteiger partial charge is 0.340 e. The summed E-state index contributed by atoms with van der Waals surface area (Å²) in [4.78, 5) is 26.7. The predicted molar refractivity (Wildman–Crippen MR) is 74.3 cm³/mol. The molecule has 98 valence electrons. The van der Waals surface area contributed by atoms with E-state index in [-0.39, 0.29) is 18.4 Å². The lowest BCUT2D eigenvalue weighted by Gasteiger charge is -2.39. The van der Waals surface area contributed by atoms with Crippen LogP contribution in [-0.4, -0.2) is 28.8 Å². The number of nitrogens with zero attached hydrogens (tertiary/aromatic N) is 1. The van der Waals surface area contributed by atoms with Gasteiger partial charge >= 0.3 is 0 Å². The molecule has 0 aromatic carbocycles. The fourth-order valence-corrected chi connectivity index (χ4v) is 3.49. The molecule has 0 radical (unpaired) electrons. The predicted octanol–water partition coefficient (Wildman–Crippen LogP) is 2.14. The van der Waals surface area contributed by atoms with Crippen molar-refractivity contribution in [3.63, 3.8) is 0 Å². The fourth-order valence-electron chi connectivity index (χ4n) is 1.99. The minimum Gasteiger partial charge on any atom is -0.340 e. The van der Waals surface area contributed by atoms with E-state index in [1.54, 1.807) is 23.2 Å². The molecule has 1 fully saturated rings. The van der Waals surface area contributed by atoms with E-state index in [1.807, 2.05) is 19.1 Å². The number of carbonyl (C=O) groups excluding carboxylic acids is 2. The Morgan fingerprint density at radius 1 is 1.50 bits per heavy atom. The van der Waals surface area contributed by atoms with Crippen molar-refractivity contribution in [2.75, 3.05) is 6.54 Å². The molecule has 0 saturated carbocycles. The van der Waals surface area contributed by atoms with E-state index in [0.29, 0.717) is 13.0 Å². The van der Waals surface area contributed by atoms with Crippen LogP contribution in [0.25, 0.3) is 0 Å².